The molecular formula is C24H24FN5O2. The molecule has 0 atom stereocenters. The van der Waals surface area contributed by atoms with Crippen molar-refractivity contribution in [3.05, 3.63) is 85.8 Å². The summed E-state index contributed by atoms with van der Waals surface area (Å²) in [6, 6.07) is 12.5. The van der Waals surface area contributed by atoms with Crippen molar-refractivity contribution in [3.8, 4) is 0 Å². The molecule has 2 aromatic heterocycles. The van der Waals surface area contributed by atoms with E-state index in [0.717, 1.165) is 34.3 Å². The molecule has 1 aliphatic rings. The third-order valence-electron chi connectivity index (χ3n) is 6.02. The van der Waals surface area contributed by atoms with Crippen molar-refractivity contribution in [2.24, 2.45) is 7.05 Å². The Labute approximate surface area is 184 Å². The number of halogens is 1. The largest absolute Gasteiger partial charge is 0.332 e. The van der Waals surface area contributed by atoms with Crippen molar-refractivity contribution >= 4 is 22.8 Å². The molecular weight excluding hydrogens is 409 g/mol. The Morgan fingerprint density at radius 3 is 2.47 bits per heavy atom. The molecule has 0 amide bonds. The van der Waals surface area contributed by atoms with Crippen molar-refractivity contribution in [1.29, 1.82) is 0 Å². The number of aromatic nitrogens is 4. The lowest BCUT2D eigenvalue weighted by Crippen LogP contribution is -2.40. The molecule has 0 radical (unpaired) electrons. The van der Waals surface area contributed by atoms with Crippen LogP contribution < -0.4 is 16.1 Å². The second-order valence-corrected chi connectivity index (χ2v) is 8.41. The molecule has 3 heterocycles. The normalized spacial score (nSPS) is 13.6. The fraction of sp³-hybridized carbons (Fsp3) is 0.292. The van der Waals surface area contributed by atoms with E-state index in [2.05, 4.69) is 36.9 Å². The van der Waals surface area contributed by atoms with Crippen molar-refractivity contribution in [3.63, 3.8) is 0 Å². The zero-order valence-electron chi connectivity index (χ0n) is 18.3. The first kappa shape index (κ1) is 20.2. The minimum atomic E-state index is -0.515. The van der Waals surface area contributed by atoms with Crippen LogP contribution in [0.3, 0.4) is 0 Å². The van der Waals surface area contributed by atoms with Crippen LogP contribution in [0.2, 0.25) is 0 Å². The van der Waals surface area contributed by atoms with Crippen molar-refractivity contribution in [2.75, 3.05) is 11.4 Å². The van der Waals surface area contributed by atoms with E-state index >= 15 is 0 Å². The summed E-state index contributed by atoms with van der Waals surface area (Å²) in [7, 11) is 1.60. The molecule has 1 aliphatic heterocycles. The Bertz CT molecular complexity index is 1460. The SMILES string of the molecule is Cc1cc(C)cc(N2CCCn3c2nc2c3c(=O)n(Cc3ccccc3F)c(=O)n2C)c1. The van der Waals surface area contributed by atoms with Gasteiger partial charge < -0.3 is 9.47 Å². The van der Waals surface area contributed by atoms with Gasteiger partial charge in [0.1, 0.15) is 5.82 Å². The van der Waals surface area contributed by atoms with E-state index in [9.17, 15) is 14.0 Å². The molecule has 0 N–H and O–H groups in total. The summed E-state index contributed by atoms with van der Waals surface area (Å²) in [4.78, 5) is 33.3. The summed E-state index contributed by atoms with van der Waals surface area (Å²) < 4.78 is 18.6. The Balaban J connectivity index is 1.72. The van der Waals surface area contributed by atoms with E-state index in [4.69, 9.17) is 4.98 Å². The highest BCUT2D eigenvalue weighted by Crippen LogP contribution is 2.32. The monoisotopic (exact) mass is 433 g/mol. The summed E-state index contributed by atoms with van der Waals surface area (Å²) in [5.41, 5.74) is 3.34. The number of imidazole rings is 1. The van der Waals surface area contributed by atoms with Gasteiger partial charge in [-0.3, -0.25) is 13.9 Å². The highest BCUT2D eigenvalue weighted by Gasteiger charge is 2.27. The average molecular weight is 433 g/mol. The van der Waals surface area contributed by atoms with Gasteiger partial charge in [-0.15, -0.1) is 0 Å². The predicted molar refractivity (Wildman–Crippen MR) is 122 cm³/mol. The maximum atomic E-state index is 14.2. The lowest BCUT2D eigenvalue weighted by Gasteiger charge is -2.29. The molecule has 0 aliphatic carbocycles. The van der Waals surface area contributed by atoms with E-state index in [1.165, 1.54) is 10.6 Å². The van der Waals surface area contributed by atoms with Gasteiger partial charge in [-0.1, -0.05) is 24.3 Å². The van der Waals surface area contributed by atoms with Crippen molar-refractivity contribution in [2.45, 2.75) is 33.4 Å². The van der Waals surface area contributed by atoms with Crippen LogP contribution in [0.15, 0.2) is 52.1 Å². The number of hydrogen-bond acceptors (Lipinski definition) is 4. The van der Waals surface area contributed by atoms with E-state index in [0.29, 0.717) is 29.2 Å². The van der Waals surface area contributed by atoms with Gasteiger partial charge in [0.05, 0.1) is 6.54 Å². The van der Waals surface area contributed by atoms with Crippen molar-refractivity contribution < 1.29 is 4.39 Å². The molecule has 5 rings (SSSR count). The van der Waals surface area contributed by atoms with Crippen LogP contribution in [0.1, 0.15) is 23.1 Å². The van der Waals surface area contributed by atoms with Crippen LogP contribution in [0.4, 0.5) is 16.0 Å². The van der Waals surface area contributed by atoms with Gasteiger partial charge in [0.25, 0.3) is 5.56 Å². The highest BCUT2D eigenvalue weighted by molar-refractivity contribution is 5.77. The lowest BCUT2D eigenvalue weighted by atomic mass is 10.1. The number of anilines is 2. The number of fused-ring (bicyclic) bond motifs is 3. The summed E-state index contributed by atoms with van der Waals surface area (Å²) in [5.74, 6) is 0.199. The standard InChI is InChI=1S/C24H24FN5O2/c1-15-11-16(2)13-18(12-15)28-9-6-10-29-20-21(26-23(28)29)27(3)24(32)30(22(20)31)14-17-7-4-5-8-19(17)25/h4-5,7-8,11-13H,6,9-10,14H2,1-3H3. The third kappa shape index (κ3) is 3.14. The van der Waals surface area contributed by atoms with Gasteiger partial charge in [-0.25, -0.2) is 9.18 Å². The molecule has 4 aromatic rings. The molecule has 0 spiro atoms. The Kier molecular flexibility index (Phi) is 4.73. The molecule has 7 nitrogen and oxygen atoms in total. The predicted octanol–water partition coefficient (Wildman–Crippen LogP) is 3.24. The topological polar surface area (TPSA) is 65.1 Å². The molecule has 0 bridgehead atoms. The Morgan fingerprint density at radius 2 is 1.75 bits per heavy atom. The first-order valence-electron chi connectivity index (χ1n) is 10.6. The molecule has 32 heavy (non-hydrogen) atoms. The fourth-order valence-corrected chi connectivity index (χ4v) is 4.55. The smallest absolute Gasteiger partial charge is 0.312 e. The molecule has 8 heteroatoms. The summed E-state index contributed by atoms with van der Waals surface area (Å²) in [5, 5.41) is 0. The number of benzene rings is 2. The minimum absolute atomic E-state index is 0.130. The van der Waals surface area contributed by atoms with E-state index in [1.807, 2.05) is 4.57 Å². The summed E-state index contributed by atoms with van der Waals surface area (Å²) in [6.45, 7) is 5.36. The number of nitrogens with zero attached hydrogens (tertiary/aromatic N) is 5. The molecule has 0 fully saturated rings. The van der Waals surface area contributed by atoms with Gasteiger partial charge in [-0.05, 0) is 49.6 Å². The van der Waals surface area contributed by atoms with E-state index in [1.54, 1.807) is 25.2 Å². The van der Waals surface area contributed by atoms with Crippen LogP contribution >= 0.6 is 0 Å². The van der Waals surface area contributed by atoms with Crippen LogP contribution in [0.25, 0.3) is 11.2 Å². The Morgan fingerprint density at radius 1 is 1.03 bits per heavy atom. The van der Waals surface area contributed by atoms with Gasteiger partial charge in [0.2, 0.25) is 5.95 Å². The van der Waals surface area contributed by atoms with Crippen LogP contribution in [-0.4, -0.2) is 25.2 Å². The maximum Gasteiger partial charge on any atom is 0.332 e. The van der Waals surface area contributed by atoms with Gasteiger partial charge >= 0.3 is 5.69 Å². The molecule has 0 saturated heterocycles. The third-order valence-corrected chi connectivity index (χ3v) is 6.02. The quantitative estimate of drug-likeness (QED) is 0.498. The number of aryl methyl sites for hydroxylation is 4. The minimum Gasteiger partial charge on any atom is -0.312 e. The molecule has 164 valence electrons. The van der Waals surface area contributed by atoms with Crippen LogP contribution in [0, 0.1) is 19.7 Å². The highest BCUT2D eigenvalue weighted by atomic mass is 19.1. The molecule has 0 saturated carbocycles. The van der Waals surface area contributed by atoms with E-state index in [-0.39, 0.29) is 6.54 Å². The molecule has 0 unspecified atom stereocenters. The zero-order valence-corrected chi connectivity index (χ0v) is 18.3. The second-order valence-electron chi connectivity index (χ2n) is 8.41. The summed E-state index contributed by atoms with van der Waals surface area (Å²) >= 11 is 0. The van der Waals surface area contributed by atoms with E-state index < -0.39 is 17.1 Å². The fourth-order valence-electron chi connectivity index (χ4n) is 4.55. The number of rotatable bonds is 3. The first-order valence-corrected chi connectivity index (χ1v) is 10.6. The van der Waals surface area contributed by atoms with Crippen LogP contribution in [-0.2, 0) is 20.1 Å². The first-order chi connectivity index (χ1) is 15.3. The zero-order chi connectivity index (χ0) is 22.6. The lowest BCUT2D eigenvalue weighted by molar-refractivity contribution is 0.577. The van der Waals surface area contributed by atoms with Crippen molar-refractivity contribution in [1.82, 2.24) is 18.7 Å². The summed E-state index contributed by atoms with van der Waals surface area (Å²) in [6.07, 6.45) is 0.834. The second kappa shape index (κ2) is 7.47. The maximum absolute atomic E-state index is 14.2. The van der Waals surface area contributed by atoms with Gasteiger partial charge in [0.15, 0.2) is 11.2 Å². The molecule has 2 aromatic carbocycles. The van der Waals surface area contributed by atoms with Gasteiger partial charge in [0, 0.05) is 31.4 Å². The Hall–Kier alpha value is -3.68. The number of hydrogen-bond donors (Lipinski definition) is 0. The van der Waals surface area contributed by atoms with Crippen LogP contribution in [0.5, 0.6) is 0 Å². The average Bonchev–Trinajstić information content (AvgIpc) is 3.16. The van der Waals surface area contributed by atoms with Gasteiger partial charge in [-0.2, -0.15) is 4.98 Å².